The van der Waals surface area contributed by atoms with Crippen molar-refractivity contribution in [3.8, 4) is 0 Å². The maximum absolute atomic E-state index is 2.63. The SMILES string of the molecule is C/C=C/c1ccc2c(c1)c1c3c4ccccc4n4c5ccc(/C=C/C)cc5c(c5c6c(n2c51)CCCC=C6)c34.CC. The van der Waals surface area contributed by atoms with Crippen molar-refractivity contribution in [1.29, 1.82) is 0 Å². The first-order chi connectivity index (χ1) is 20.3. The van der Waals surface area contributed by atoms with Crippen molar-refractivity contribution in [3.05, 3.63) is 101 Å². The molecule has 0 fully saturated rings. The van der Waals surface area contributed by atoms with Gasteiger partial charge in [0.2, 0.25) is 0 Å². The van der Waals surface area contributed by atoms with Crippen molar-refractivity contribution in [2.45, 2.75) is 47.0 Å². The van der Waals surface area contributed by atoms with E-state index in [9.17, 15) is 0 Å². The summed E-state index contributed by atoms with van der Waals surface area (Å²) in [6.45, 7) is 8.20. The largest absolute Gasteiger partial charge is 0.312 e. The van der Waals surface area contributed by atoms with Crippen molar-refractivity contribution >= 4 is 83.5 Å². The quantitative estimate of drug-likeness (QED) is 0.210. The third kappa shape index (κ3) is 3.03. The van der Waals surface area contributed by atoms with E-state index in [2.05, 4.69) is 120 Å². The molecular formula is C39H34N2. The number of aryl methyl sites for hydroxylation is 1. The summed E-state index contributed by atoms with van der Waals surface area (Å²) in [4.78, 5) is 0. The highest BCUT2D eigenvalue weighted by molar-refractivity contribution is 6.42. The molecule has 2 heteroatoms. The first-order valence-corrected chi connectivity index (χ1v) is 15.2. The molecule has 4 aromatic heterocycles. The summed E-state index contributed by atoms with van der Waals surface area (Å²) in [5.74, 6) is 0. The van der Waals surface area contributed by atoms with Gasteiger partial charge in [0.05, 0.1) is 27.6 Å². The van der Waals surface area contributed by atoms with E-state index in [1.54, 1.807) is 0 Å². The predicted molar refractivity (Wildman–Crippen MR) is 181 cm³/mol. The summed E-state index contributed by atoms with van der Waals surface area (Å²) >= 11 is 0. The Morgan fingerprint density at radius 3 is 1.93 bits per heavy atom. The molecule has 8 aromatic rings. The smallest absolute Gasteiger partial charge is 0.0634 e. The van der Waals surface area contributed by atoms with E-state index in [4.69, 9.17) is 0 Å². The molecule has 4 heterocycles. The van der Waals surface area contributed by atoms with Crippen molar-refractivity contribution in [3.63, 3.8) is 0 Å². The van der Waals surface area contributed by atoms with E-state index in [1.807, 2.05) is 13.8 Å². The number of nitrogens with zero attached hydrogens (tertiary/aromatic N) is 2. The van der Waals surface area contributed by atoms with E-state index in [1.165, 1.54) is 94.1 Å². The molecular weight excluding hydrogens is 496 g/mol. The van der Waals surface area contributed by atoms with Crippen LogP contribution in [0.15, 0.2) is 78.9 Å². The van der Waals surface area contributed by atoms with Crippen LogP contribution in [0.2, 0.25) is 0 Å². The van der Waals surface area contributed by atoms with Crippen LogP contribution in [0.1, 0.15) is 62.9 Å². The molecule has 0 unspecified atom stereocenters. The van der Waals surface area contributed by atoms with Gasteiger partial charge in [0.1, 0.15) is 0 Å². The Labute approximate surface area is 240 Å². The summed E-state index contributed by atoms with van der Waals surface area (Å²) in [5, 5.41) is 9.69. The summed E-state index contributed by atoms with van der Waals surface area (Å²) in [7, 11) is 0. The second-order valence-corrected chi connectivity index (χ2v) is 11.1. The van der Waals surface area contributed by atoms with Gasteiger partial charge in [-0.05, 0) is 74.6 Å². The standard InChI is InChI=1S/C37H28N2.C2H6/c1-3-10-22-16-18-30-26(20-22)35-33-25-13-8-9-15-29(25)39-31-19-17-23(11-4-2)21-27(31)34(37(33)39)32-24-12-6-5-7-14-28(24)38(30)36(32)35;1-2/h3-4,6,8-13,15-21H,5,7,14H2,1-2H3;1-2H3/b10-3+,11-4+;. The topological polar surface area (TPSA) is 8.82 Å². The maximum atomic E-state index is 2.63. The predicted octanol–water partition coefficient (Wildman–Crippen LogP) is 11.3. The van der Waals surface area contributed by atoms with Gasteiger partial charge >= 0.3 is 0 Å². The van der Waals surface area contributed by atoms with Crippen LogP contribution in [0.5, 0.6) is 0 Å². The van der Waals surface area contributed by atoms with E-state index >= 15 is 0 Å². The Bertz CT molecular complexity index is 2370. The molecule has 200 valence electrons. The van der Waals surface area contributed by atoms with Crippen LogP contribution >= 0.6 is 0 Å². The minimum Gasteiger partial charge on any atom is -0.312 e. The molecule has 1 aliphatic carbocycles. The molecule has 2 nitrogen and oxygen atoms in total. The Morgan fingerprint density at radius 2 is 1.22 bits per heavy atom. The van der Waals surface area contributed by atoms with E-state index in [0.29, 0.717) is 0 Å². The second kappa shape index (κ2) is 8.97. The lowest BCUT2D eigenvalue weighted by Crippen LogP contribution is -1.92. The number of para-hydroxylation sites is 1. The van der Waals surface area contributed by atoms with Crippen LogP contribution in [0.25, 0.3) is 83.5 Å². The lowest BCUT2D eigenvalue weighted by Gasteiger charge is -2.05. The summed E-state index contributed by atoms with van der Waals surface area (Å²) in [5.41, 5.74) is 12.1. The van der Waals surface area contributed by atoms with Crippen LogP contribution in [0.3, 0.4) is 0 Å². The summed E-state index contributed by atoms with van der Waals surface area (Å²) in [6, 6.07) is 23.1. The van der Waals surface area contributed by atoms with Gasteiger partial charge in [0, 0.05) is 49.0 Å². The Morgan fingerprint density at radius 1 is 0.634 bits per heavy atom. The van der Waals surface area contributed by atoms with Crippen LogP contribution in [-0.4, -0.2) is 8.80 Å². The number of aromatic nitrogens is 2. The monoisotopic (exact) mass is 530 g/mol. The highest BCUT2D eigenvalue weighted by atomic mass is 15.0. The lowest BCUT2D eigenvalue weighted by molar-refractivity contribution is 0.823. The molecule has 0 aliphatic heterocycles. The number of rotatable bonds is 2. The first-order valence-electron chi connectivity index (χ1n) is 15.2. The Hall–Kier alpha value is -4.56. The second-order valence-electron chi connectivity index (χ2n) is 11.1. The van der Waals surface area contributed by atoms with E-state index in [0.717, 1.165) is 12.8 Å². The van der Waals surface area contributed by atoms with Crippen molar-refractivity contribution in [2.24, 2.45) is 0 Å². The third-order valence-corrected chi connectivity index (χ3v) is 9.01. The van der Waals surface area contributed by atoms with Gasteiger partial charge in [0.15, 0.2) is 0 Å². The summed E-state index contributed by atoms with van der Waals surface area (Å²) in [6.07, 6.45) is 17.0. The minimum atomic E-state index is 1.10. The number of fused-ring (bicyclic) bond motifs is 14. The molecule has 0 radical (unpaired) electrons. The Balaban J connectivity index is 0.00000125. The van der Waals surface area contributed by atoms with Gasteiger partial charge in [0.25, 0.3) is 0 Å². The molecule has 0 amide bonds. The van der Waals surface area contributed by atoms with Gasteiger partial charge in [-0.15, -0.1) is 0 Å². The van der Waals surface area contributed by atoms with Gasteiger partial charge < -0.3 is 8.80 Å². The van der Waals surface area contributed by atoms with Crippen LogP contribution < -0.4 is 0 Å². The maximum Gasteiger partial charge on any atom is 0.0634 e. The van der Waals surface area contributed by atoms with Gasteiger partial charge in [-0.2, -0.15) is 0 Å². The van der Waals surface area contributed by atoms with E-state index in [-0.39, 0.29) is 0 Å². The Kier molecular flexibility index (Phi) is 5.31. The minimum absolute atomic E-state index is 1.10. The van der Waals surface area contributed by atoms with Crippen LogP contribution in [0.4, 0.5) is 0 Å². The number of benzene rings is 4. The molecule has 0 saturated heterocycles. The third-order valence-electron chi connectivity index (χ3n) is 9.01. The molecule has 9 rings (SSSR count). The van der Waals surface area contributed by atoms with Gasteiger partial charge in [-0.25, -0.2) is 0 Å². The summed E-state index contributed by atoms with van der Waals surface area (Å²) < 4.78 is 5.17. The highest BCUT2D eigenvalue weighted by Crippen LogP contribution is 2.51. The first kappa shape index (κ1) is 24.3. The van der Waals surface area contributed by atoms with Crippen molar-refractivity contribution in [2.75, 3.05) is 0 Å². The fourth-order valence-corrected chi connectivity index (χ4v) is 7.64. The van der Waals surface area contributed by atoms with Crippen molar-refractivity contribution in [1.82, 2.24) is 8.80 Å². The molecule has 0 spiro atoms. The molecule has 0 saturated carbocycles. The lowest BCUT2D eigenvalue weighted by atomic mass is 9.95. The number of hydrogen-bond acceptors (Lipinski definition) is 0. The molecule has 0 bridgehead atoms. The molecule has 0 N–H and O–H groups in total. The fraction of sp³-hybridized carbons (Fsp3) is 0.179. The zero-order valence-corrected chi connectivity index (χ0v) is 24.3. The normalized spacial score (nSPS) is 14.2. The molecule has 1 aliphatic rings. The number of hydrogen-bond donors (Lipinski definition) is 0. The molecule has 4 aromatic carbocycles. The van der Waals surface area contributed by atoms with Gasteiger partial charge in [-0.1, -0.05) is 80.6 Å². The zero-order valence-electron chi connectivity index (χ0n) is 24.3. The van der Waals surface area contributed by atoms with Crippen molar-refractivity contribution < 1.29 is 0 Å². The molecule has 41 heavy (non-hydrogen) atoms. The van der Waals surface area contributed by atoms with Crippen LogP contribution in [-0.2, 0) is 6.42 Å². The average Bonchev–Trinajstić information content (AvgIpc) is 3.65. The van der Waals surface area contributed by atoms with Gasteiger partial charge in [-0.3, -0.25) is 0 Å². The highest BCUT2D eigenvalue weighted by Gasteiger charge is 2.30. The average molecular weight is 531 g/mol. The molecule has 0 atom stereocenters. The van der Waals surface area contributed by atoms with E-state index < -0.39 is 0 Å². The zero-order chi connectivity index (χ0) is 27.8. The number of allylic oxidation sites excluding steroid dienone is 3. The fourth-order valence-electron chi connectivity index (χ4n) is 7.64. The van der Waals surface area contributed by atoms with Crippen LogP contribution in [0, 0.1) is 0 Å².